The molecule has 3 rings (SSSR count). The molecule has 0 bridgehead atoms. The summed E-state index contributed by atoms with van der Waals surface area (Å²) in [7, 11) is 1.57. The maximum atomic E-state index is 12.5. The molecular weight excluding hydrogens is 396 g/mol. The van der Waals surface area contributed by atoms with Crippen LogP contribution in [0.5, 0.6) is 5.75 Å². The topological polar surface area (TPSA) is 67.4 Å². The van der Waals surface area contributed by atoms with Gasteiger partial charge in [0, 0.05) is 10.6 Å². The summed E-state index contributed by atoms with van der Waals surface area (Å²) in [5.74, 6) is 0.453. The van der Waals surface area contributed by atoms with Gasteiger partial charge < -0.3 is 15.4 Å². The Balaban J connectivity index is 1.53. The zero-order valence-corrected chi connectivity index (χ0v) is 17.7. The van der Waals surface area contributed by atoms with Gasteiger partial charge in [0.2, 0.25) is 11.8 Å². The van der Waals surface area contributed by atoms with Gasteiger partial charge in [0.1, 0.15) is 5.75 Å². The molecule has 2 N–H and O–H groups in total. The minimum absolute atomic E-state index is 0.0637. The van der Waals surface area contributed by atoms with E-state index in [4.69, 9.17) is 4.74 Å². The molecule has 0 fully saturated rings. The molecule has 0 heterocycles. The summed E-state index contributed by atoms with van der Waals surface area (Å²) in [6.45, 7) is 1.85. The second-order valence-electron chi connectivity index (χ2n) is 6.68. The Morgan fingerprint density at radius 3 is 2.27 bits per heavy atom. The molecule has 0 aliphatic heterocycles. The standard InChI is InChI=1S/C24H24N2O3S/c1-17(24(28)26-21-10-6-7-11-22(21)29-2)30-20-14-12-19(13-15-20)25-23(27)16-18-8-4-3-5-9-18/h3-15,17H,16H2,1-2H3,(H,25,27)(H,26,28). The van der Waals surface area contributed by atoms with Gasteiger partial charge in [-0.25, -0.2) is 0 Å². The van der Waals surface area contributed by atoms with Crippen molar-refractivity contribution in [1.29, 1.82) is 0 Å². The molecule has 0 aromatic heterocycles. The van der Waals surface area contributed by atoms with Crippen molar-refractivity contribution in [3.63, 3.8) is 0 Å². The van der Waals surface area contributed by atoms with Crippen LogP contribution in [-0.4, -0.2) is 24.2 Å². The van der Waals surface area contributed by atoms with E-state index in [-0.39, 0.29) is 17.1 Å². The van der Waals surface area contributed by atoms with Gasteiger partial charge in [0.05, 0.1) is 24.5 Å². The van der Waals surface area contributed by atoms with Gasteiger partial charge in [-0.2, -0.15) is 0 Å². The van der Waals surface area contributed by atoms with E-state index in [0.717, 1.165) is 16.1 Å². The number of ether oxygens (including phenoxy) is 1. The van der Waals surface area contributed by atoms with Crippen LogP contribution in [0.3, 0.4) is 0 Å². The van der Waals surface area contributed by atoms with E-state index in [0.29, 0.717) is 17.9 Å². The van der Waals surface area contributed by atoms with Gasteiger partial charge in [-0.3, -0.25) is 9.59 Å². The van der Waals surface area contributed by atoms with Gasteiger partial charge in [-0.05, 0) is 48.9 Å². The summed E-state index contributed by atoms with van der Waals surface area (Å²) in [4.78, 5) is 25.6. The summed E-state index contributed by atoms with van der Waals surface area (Å²) < 4.78 is 5.27. The first-order valence-corrected chi connectivity index (χ1v) is 10.5. The molecule has 1 unspecified atom stereocenters. The predicted octanol–water partition coefficient (Wildman–Crippen LogP) is 5.00. The molecule has 2 amide bonds. The van der Waals surface area contributed by atoms with Crippen LogP contribution in [0.15, 0.2) is 83.8 Å². The Morgan fingerprint density at radius 2 is 1.57 bits per heavy atom. The Hall–Kier alpha value is -3.25. The summed E-state index contributed by atoms with van der Waals surface area (Å²) in [6.07, 6.45) is 0.331. The van der Waals surface area contributed by atoms with E-state index in [1.54, 1.807) is 19.2 Å². The number of methoxy groups -OCH3 is 1. The zero-order chi connectivity index (χ0) is 21.3. The van der Waals surface area contributed by atoms with Crippen molar-refractivity contribution in [3.8, 4) is 5.75 Å². The monoisotopic (exact) mass is 420 g/mol. The highest BCUT2D eigenvalue weighted by atomic mass is 32.2. The van der Waals surface area contributed by atoms with Crippen LogP contribution in [0.1, 0.15) is 12.5 Å². The van der Waals surface area contributed by atoms with Crippen LogP contribution in [0.2, 0.25) is 0 Å². The lowest BCUT2D eigenvalue weighted by atomic mass is 10.1. The molecule has 5 nitrogen and oxygen atoms in total. The molecular formula is C24H24N2O3S. The van der Waals surface area contributed by atoms with Crippen LogP contribution in [0, 0.1) is 0 Å². The number of thioether (sulfide) groups is 1. The van der Waals surface area contributed by atoms with Gasteiger partial charge >= 0.3 is 0 Å². The fraction of sp³-hybridized carbons (Fsp3) is 0.167. The predicted molar refractivity (Wildman–Crippen MR) is 122 cm³/mol. The average molecular weight is 421 g/mol. The first-order chi connectivity index (χ1) is 14.5. The summed E-state index contributed by atoms with van der Waals surface area (Å²) >= 11 is 1.45. The van der Waals surface area contributed by atoms with Crippen molar-refractivity contribution >= 4 is 35.0 Å². The molecule has 6 heteroatoms. The Bertz CT molecular complexity index is 991. The third-order valence-corrected chi connectivity index (χ3v) is 5.50. The molecule has 30 heavy (non-hydrogen) atoms. The van der Waals surface area contributed by atoms with E-state index in [1.807, 2.05) is 73.7 Å². The molecule has 0 saturated carbocycles. The highest BCUT2D eigenvalue weighted by molar-refractivity contribution is 8.00. The number of nitrogens with one attached hydrogen (secondary N) is 2. The van der Waals surface area contributed by atoms with E-state index in [9.17, 15) is 9.59 Å². The molecule has 0 saturated heterocycles. The average Bonchev–Trinajstić information content (AvgIpc) is 2.76. The lowest BCUT2D eigenvalue weighted by Gasteiger charge is -2.14. The normalized spacial score (nSPS) is 11.4. The Labute approximate surface area is 180 Å². The van der Waals surface area contributed by atoms with Crippen molar-refractivity contribution < 1.29 is 14.3 Å². The van der Waals surface area contributed by atoms with Crippen molar-refractivity contribution in [2.75, 3.05) is 17.7 Å². The van der Waals surface area contributed by atoms with Crippen LogP contribution >= 0.6 is 11.8 Å². The van der Waals surface area contributed by atoms with Crippen LogP contribution in [0.25, 0.3) is 0 Å². The maximum Gasteiger partial charge on any atom is 0.237 e. The molecule has 3 aromatic rings. The molecule has 3 aromatic carbocycles. The largest absolute Gasteiger partial charge is 0.495 e. The molecule has 0 aliphatic rings. The summed E-state index contributed by atoms with van der Waals surface area (Å²) in [5, 5.41) is 5.50. The first-order valence-electron chi connectivity index (χ1n) is 9.59. The highest BCUT2D eigenvalue weighted by Gasteiger charge is 2.16. The third kappa shape index (κ3) is 6.12. The molecule has 0 radical (unpaired) electrons. The third-order valence-electron chi connectivity index (χ3n) is 4.39. The van der Waals surface area contributed by atoms with Crippen LogP contribution in [-0.2, 0) is 16.0 Å². The van der Waals surface area contributed by atoms with Gasteiger partial charge in [0.25, 0.3) is 0 Å². The van der Waals surface area contributed by atoms with Crippen molar-refractivity contribution in [3.05, 3.63) is 84.4 Å². The number of benzene rings is 3. The number of anilines is 2. The number of carbonyl (C=O) groups is 2. The number of rotatable bonds is 8. The smallest absolute Gasteiger partial charge is 0.237 e. The van der Waals surface area contributed by atoms with E-state index < -0.39 is 0 Å². The Kier molecular flexibility index (Phi) is 7.51. The minimum Gasteiger partial charge on any atom is -0.495 e. The summed E-state index contributed by atoms with van der Waals surface area (Å²) in [6, 6.07) is 24.4. The van der Waals surface area contributed by atoms with Crippen molar-refractivity contribution in [2.24, 2.45) is 0 Å². The molecule has 0 spiro atoms. The van der Waals surface area contributed by atoms with E-state index in [2.05, 4.69) is 10.6 Å². The maximum absolute atomic E-state index is 12.5. The molecule has 0 aliphatic carbocycles. The Morgan fingerprint density at radius 1 is 0.900 bits per heavy atom. The SMILES string of the molecule is COc1ccccc1NC(=O)C(C)Sc1ccc(NC(=O)Cc2ccccc2)cc1. The van der Waals surface area contributed by atoms with Gasteiger partial charge in [-0.15, -0.1) is 11.8 Å². The quantitative estimate of drug-likeness (QED) is 0.504. The number of carbonyl (C=O) groups excluding carboxylic acids is 2. The minimum atomic E-state index is -0.298. The van der Waals surface area contributed by atoms with Crippen LogP contribution < -0.4 is 15.4 Å². The zero-order valence-electron chi connectivity index (χ0n) is 16.9. The highest BCUT2D eigenvalue weighted by Crippen LogP contribution is 2.28. The van der Waals surface area contributed by atoms with Crippen molar-refractivity contribution in [2.45, 2.75) is 23.5 Å². The van der Waals surface area contributed by atoms with Crippen molar-refractivity contribution in [1.82, 2.24) is 0 Å². The molecule has 154 valence electrons. The van der Waals surface area contributed by atoms with E-state index >= 15 is 0 Å². The second-order valence-corrected chi connectivity index (χ2v) is 8.10. The van der Waals surface area contributed by atoms with Gasteiger partial charge in [-0.1, -0.05) is 42.5 Å². The lowest BCUT2D eigenvalue weighted by Crippen LogP contribution is -2.22. The van der Waals surface area contributed by atoms with Crippen LogP contribution in [0.4, 0.5) is 11.4 Å². The van der Waals surface area contributed by atoms with Gasteiger partial charge in [0.15, 0.2) is 0 Å². The lowest BCUT2D eigenvalue weighted by molar-refractivity contribution is -0.116. The summed E-state index contributed by atoms with van der Waals surface area (Å²) in [5.41, 5.74) is 2.34. The molecule has 1 atom stereocenters. The fourth-order valence-corrected chi connectivity index (χ4v) is 3.71. The number of para-hydroxylation sites is 2. The second kappa shape index (κ2) is 10.5. The number of hydrogen-bond donors (Lipinski definition) is 2. The van der Waals surface area contributed by atoms with E-state index in [1.165, 1.54) is 11.8 Å². The number of hydrogen-bond acceptors (Lipinski definition) is 4. The number of amides is 2. The fourth-order valence-electron chi connectivity index (χ4n) is 2.84. The first kappa shape index (κ1) is 21.5.